The maximum atomic E-state index is 12.3. The quantitative estimate of drug-likeness (QED) is 0.882. The number of carbonyl (C=O) groups excluding carboxylic acids is 1. The second kappa shape index (κ2) is 6.02. The van der Waals surface area contributed by atoms with Gasteiger partial charge in [-0.2, -0.15) is 0 Å². The molecule has 2 aromatic rings. The summed E-state index contributed by atoms with van der Waals surface area (Å²) in [7, 11) is 0. The number of rotatable bonds is 3. The van der Waals surface area contributed by atoms with Crippen molar-refractivity contribution in [1.29, 1.82) is 0 Å². The van der Waals surface area contributed by atoms with E-state index in [1.165, 1.54) is 0 Å². The maximum absolute atomic E-state index is 12.3. The first-order valence-electron chi connectivity index (χ1n) is 6.28. The van der Waals surface area contributed by atoms with Crippen molar-refractivity contribution >= 4 is 27.5 Å². The summed E-state index contributed by atoms with van der Waals surface area (Å²) < 4.78 is 0.805. The van der Waals surface area contributed by atoms with Gasteiger partial charge in [-0.1, -0.05) is 37.3 Å². The zero-order valence-corrected chi connectivity index (χ0v) is 12.6. The van der Waals surface area contributed by atoms with Crippen LogP contribution in [0.25, 0.3) is 0 Å². The molecule has 1 N–H and O–H groups in total. The Morgan fingerprint density at radius 3 is 2.58 bits per heavy atom. The van der Waals surface area contributed by atoms with E-state index < -0.39 is 0 Å². The molecule has 3 heteroatoms. The standard InChI is InChI=1S/C16H16BrNO/c1-3-12-8-6-7-11(2)15(12)18-16(19)13-9-4-5-10-14(13)17/h4-10H,3H2,1-2H3,(H,18,19). The number of para-hydroxylation sites is 1. The molecular weight excluding hydrogens is 302 g/mol. The van der Waals surface area contributed by atoms with Gasteiger partial charge in [-0.05, 0) is 52.5 Å². The zero-order valence-electron chi connectivity index (χ0n) is 11.0. The molecule has 2 aromatic carbocycles. The normalized spacial score (nSPS) is 10.3. The fourth-order valence-electron chi connectivity index (χ4n) is 2.03. The summed E-state index contributed by atoms with van der Waals surface area (Å²) >= 11 is 3.40. The third-order valence-electron chi connectivity index (χ3n) is 3.10. The van der Waals surface area contributed by atoms with Crippen LogP contribution in [-0.4, -0.2) is 5.91 Å². The Hall–Kier alpha value is -1.61. The van der Waals surface area contributed by atoms with E-state index in [0.717, 1.165) is 27.7 Å². The van der Waals surface area contributed by atoms with E-state index in [0.29, 0.717) is 5.56 Å². The van der Waals surface area contributed by atoms with Crippen molar-refractivity contribution in [3.63, 3.8) is 0 Å². The molecule has 0 heterocycles. The van der Waals surface area contributed by atoms with Gasteiger partial charge in [0.15, 0.2) is 0 Å². The summed E-state index contributed by atoms with van der Waals surface area (Å²) in [4.78, 5) is 12.3. The van der Waals surface area contributed by atoms with Gasteiger partial charge in [0.05, 0.1) is 5.56 Å². The van der Waals surface area contributed by atoms with Crippen LogP contribution in [0.2, 0.25) is 0 Å². The summed E-state index contributed by atoms with van der Waals surface area (Å²) in [6.45, 7) is 4.09. The van der Waals surface area contributed by atoms with Gasteiger partial charge in [0, 0.05) is 10.2 Å². The molecule has 0 aliphatic carbocycles. The lowest BCUT2D eigenvalue weighted by atomic mass is 10.1. The monoisotopic (exact) mass is 317 g/mol. The molecule has 0 aliphatic heterocycles. The number of hydrogen-bond acceptors (Lipinski definition) is 1. The average Bonchev–Trinajstić information content (AvgIpc) is 2.41. The predicted octanol–water partition coefficient (Wildman–Crippen LogP) is 4.57. The zero-order chi connectivity index (χ0) is 13.8. The van der Waals surface area contributed by atoms with Gasteiger partial charge >= 0.3 is 0 Å². The highest BCUT2D eigenvalue weighted by molar-refractivity contribution is 9.10. The Morgan fingerprint density at radius 2 is 1.89 bits per heavy atom. The molecule has 0 aliphatic rings. The van der Waals surface area contributed by atoms with Gasteiger partial charge in [0.1, 0.15) is 0 Å². The Labute approximate surface area is 122 Å². The van der Waals surface area contributed by atoms with Crippen LogP contribution in [0.15, 0.2) is 46.9 Å². The van der Waals surface area contributed by atoms with Crippen molar-refractivity contribution in [3.8, 4) is 0 Å². The van der Waals surface area contributed by atoms with Crippen LogP contribution in [0, 0.1) is 6.92 Å². The second-order valence-electron chi connectivity index (χ2n) is 4.40. The summed E-state index contributed by atoms with van der Waals surface area (Å²) in [6, 6.07) is 13.5. The minimum atomic E-state index is -0.0866. The highest BCUT2D eigenvalue weighted by Gasteiger charge is 2.12. The second-order valence-corrected chi connectivity index (χ2v) is 5.25. The fraction of sp³-hybridized carbons (Fsp3) is 0.188. The van der Waals surface area contributed by atoms with Gasteiger partial charge < -0.3 is 5.32 Å². The van der Waals surface area contributed by atoms with Crippen LogP contribution in [0.3, 0.4) is 0 Å². The Kier molecular flexibility index (Phi) is 4.38. The SMILES string of the molecule is CCc1cccc(C)c1NC(=O)c1ccccc1Br. The number of hydrogen-bond donors (Lipinski definition) is 1. The Morgan fingerprint density at radius 1 is 1.16 bits per heavy atom. The molecule has 19 heavy (non-hydrogen) atoms. The first-order valence-corrected chi connectivity index (χ1v) is 7.07. The molecule has 0 unspecified atom stereocenters. The molecule has 1 amide bonds. The van der Waals surface area contributed by atoms with Crippen LogP contribution in [0.5, 0.6) is 0 Å². The van der Waals surface area contributed by atoms with Crippen molar-refractivity contribution in [1.82, 2.24) is 0 Å². The predicted molar refractivity (Wildman–Crippen MR) is 82.7 cm³/mol. The minimum Gasteiger partial charge on any atom is -0.321 e. The Balaban J connectivity index is 2.32. The lowest BCUT2D eigenvalue weighted by molar-refractivity contribution is 0.102. The van der Waals surface area contributed by atoms with Gasteiger partial charge in [0.2, 0.25) is 0 Å². The third-order valence-corrected chi connectivity index (χ3v) is 3.79. The Bertz CT molecular complexity index is 607. The molecule has 0 spiro atoms. The highest BCUT2D eigenvalue weighted by atomic mass is 79.9. The largest absolute Gasteiger partial charge is 0.321 e. The lowest BCUT2D eigenvalue weighted by Crippen LogP contribution is -2.14. The van der Waals surface area contributed by atoms with Gasteiger partial charge in [0.25, 0.3) is 5.91 Å². The number of nitrogens with one attached hydrogen (secondary N) is 1. The number of amides is 1. The van der Waals surface area contributed by atoms with Crippen molar-refractivity contribution in [2.24, 2.45) is 0 Å². The maximum Gasteiger partial charge on any atom is 0.256 e. The molecule has 0 saturated heterocycles. The van der Waals surface area contributed by atoms with Crippen molar-refractivity contribution in [2.75, 3.05) is 5.32 Å². The topological polar surface area (TPSA) is 29.1 Å². The fourth-order valence-corrected chi connectivity index (χ4v) is 2.49. The van der Waals surface area contributed by atoms with E-state index in [1.807, 2.05) is 49.4 Å². The molecule has 0 saturated carbocycles. The van der Waals surface area contributed by atoms with E-state index >= 15 is 0 Å². The van der Waals surface area contributed by atoms with E-state index in [1.54, 1.807) is 0 Å². The molecule has 0 bridgehead atoms. The third kappa shape index (κ3) is 3.04. The van der Waals surface area contributed by atoms with Crippen LogP contribution < -0.4 is 5.32 Å². The highest BCUT2D eigenvalue weighted by Crippen LogP contribution is 2.23. The lowest BCUT2D eigenvalue weighted by Gasteiger charge is -2.13. The van der Waals surface area contributed by atoms with Crippen LogP contribution in [0.1, 0.15) is 28.4 Å². The van der Waals surface area contributed by atoms with E-state index in [9.17, 15) is 4.79 Å². The first-order chi connectivity index (χ1) is 9.13. The smallest absolute Gasteiger partial charge is 0.256 e. The summed E-state index contributed by atoms with van der Waals surface area (Å²) in [5, 5.41) is 3.02. The van der Waals surface area contributed by atoms with E-state index in [4.69, 9.17) is 0 Å². The molecule has 0 radical (unpaired) electrons. The summed E-state index contributed by atoms with van der Waals surface area (Å²) in [6.07, 6.45) is 0.896. The van der Waals surface area contributed by atoms with Crippen molar-refractivity contribution < 1.29 is 4.79 Å². The number of benzene rings is 2. The molecule has 0 aromatic heterocycles. The van der Waals surface area contributed by atoms with Crippen LogP contribution in [-0.2, 0) is 6.42 Å². The van der Waals surface area contributed by atoms with Gasteiger partial charge in [-0.25, -0.2) is 0 Å². The number of aryl methyl sites for hydroxylation is 2. The van der Waals surface area contributed by atoms with Gasteiger partial charge in [-0.15, -0.1) is 0 Å². The molecule has 98 valence electrons. The minimum absolute atomic E-state index is 0.0866. The van der Waals surface area contributed by atoms with Crippen molar-refractivity contribution in [3.05, 3.63) is 63.6 Å². The number of anilines is 1. The molecule has 2 nitrogen and oxygen atoms in total. The van der Waals surface area contributed by atoms with Gasteiger partial charge in [-0.3, -0.25) is 4.79 Å². The average molecular weight is 318 g/mol. The number of carbonyl (C=O) groups is 1. The van der Waals surface area contributed by atoms with Crippen LogP contribution >= 0.6 is 15.9 Å². The summed E-state index contributed by atoms with van der Waals surface area (Å²) in [5.74, 6) is -0.0866. The van der Waals surface area contributed by atoms with E-state index in [-0.39, 0.29) is 5.91 Å². The van der Waals surface area contributed by atoms with E-state index in [2.05, 4.69) is 28.2 Å². The number of halogens is 1. The first kappa shape index (κ1) is 13.8. The molecule has 0 fully saturated rings. The van der Waals surface area contributed by atoms with Crippen molar-refractivity contribution in [2.45, 2.75) is 20.3 Å². The molecular formula is C16H16BrNO. The molecule has 2 rings (SSSR count). The van der Waals surface area contributed by atoms with Crippen LogP contribution in [0.4, 0.5) is 5.69 Å². The summed E-state index contributed by atoms with van der Waals surface area (Å²) in [5.41, 5.74) is 3.80. The molecule has 0 atom stereocenters.